The Morgan fingerprint density at radius 2 is 1.90 bits per heavy atom. The summed E-state index contributed by atoms with van der Waals surface area (Å²) in [5, 5.41) is 2.74. The number of hydrogen-bond acceptors (Lipinski definition) is 2. The fourth-order valence-corrected chi connectivity index (χ4v) is 1.63. The van der Waals surface area contributed by atoms with Gasteiger partial charge < -0.3 is 10.1 Å². The maximum Gasteiger partial charge on any atom is 0.407 e. The normalized spacial score (nSPS) is 12.0. The van der Waals surface area contributed by atoms with Gasteiger partial charge in [-0.05, 0) is 39.2 Å². The SMILES string of the molecule is CC(C)(C)OC(=O)NCCC/C=C/C=C/c1ccccc1. The van der Waals surface area contributed by atoms with Crippen LogP contribution in [-0.4, -0.2) is 18.2 Å². The average molecular weight is 287 g/mol. The number of benzene rings is 1. The Morgan fingerprint density at radius 1 is 1.19 bits per heavy atom. The van der Waals surface area contributed by atoms with Crippen LogP contribution in [0.1, 0.15) is 39.2 Å². The molecule has 21 heavy (non-hydrogen) atoms. The number of carbonyl (C=O) groups excluding carboxylic acids is 1. The van der Waals surface area contributed by atoms with Gasteiger partial charge in [0.15, 0.2) is 0 Å². The molecule has 0 saturated heterocycles. The summed E-state index contributed by atoms with van der Waals surface area (Å²) in [5.74, 6) is 0. The molecule has 0 bridgehead atoms. The third-order valence-electron chi connectivity index (χ3n) is 2.55. The highest BCUT2D eigenvalue weighted by molar-refractivity contribution is 5.67. The molecular formula is C18H25NO2. The molecule has 0 radical (unpaired) electrons. The van der Waals surface area contributed by atoms with E-state index in [2.05, 4.69) is 29.6 Å². The van der Waals surface area contributed by atoms with Crippen molar-refractivity contribution in [2.75, 3.05) is 6.54 Å². The number of amides is 1. The molecule has 0 aliphatic heterocycles. The second-order valence-electron chi connectivity index (χ2n) is 5.77. The van der Waals surface area contributed by atoms with Gasteiger partial charge in [0.05, 0.1) is 0 Å². The van der Waals surface area contributed by atoms with E-state index >= 15 is 0 Å². The van der Waals surface area contributed by atoms with Crippen LogP contribution in [0.2, 0.25) is 0 Å². The molecule has 1 amide bonds. The average Bonchev–Trinajstić information content (AvgIpc) is 2.41. The predicted octanol–water partition coefficient (Wildman–Crippen LogP) is 4.56. The van der Waals surface area contributed by atoms with Gasteiger partial charge in [-0.3, -0.25) is 0 Å². The summed E-state index contributed by atoms with van der Waals surface area (Å²) >= 11 is 0. The van der Waals surface area contributed by atoms with E-state index in [1.165, 1.54) is 5.56 Å². The van der Waals surface area contributed by atoms with Crippen LogP contribution in [0.4, 0.5) is 4.79 Å². The molecule has 1 aromatic carbocycles. The molecule has 0 aliphatic rings. The van der Waals surface area contributed by atoms with E-state index in [1.54, 1.807) is 0 Å². The monoisotopic (exact) mass is 287 g/mol. The fraction of sp³-hybridized carbons (Fsp3) is 0.389. The van der Waals surface area contributed by atoms with Crippen LogP contribution in [0.25, 0.3) is 6.08 Å². The van der Waals surface area contributed by atoms with Crippen LogP contribution >= 0.6 is 0 Å². The number of nitrogens with one attached hydrogen (secondary N) is 1. The minimum atomic E-state index is -0.438. The first kappa shape index (κ1) is 17.0. The molecule has 0 atom stereocenters. The van der Waals surface area contributed by atoms with Gasteiger partial charge in [-0.25, -0.2) is 4.79 Å². The lowest BCUT2D eigenvalue weighted by atomic mass is 10.2. The molecular weight excluding hydrogens is 262 g/mol. The largest absolute Gasteiger partial charge is 0.444 e. The van der Waals surface area contributed by atoms with Crippen LogP contribution in [0.15, 0.2) is 48.6 Å². The maximum atomic E-state index is 11.4. The summed E-state index contributed by atoms with van der Waals surface area (Å²) < 4.78 is 5.15. The third-order valence-corrected chi connectivity index (χ3v) is 2.55. The van der Waals surface area contributed by atoms with Gasteiger partial charge in [-0.2, -0.15) is 0 Å². The summed E-state index contributed by atoms with van der Waals surface area (Å²) in [6.07, 6.45) is 9.68. The zero-order valence-corrected chi connectivity index (χ0v) is 13.1. The summed E-state index contributed by atoms with van der Waals surface area (Å²) in [4.78, 5) is 11.4. The van der Waals surface area contributed by atoms with Gasteiger partial charge in [0, 0.05) is 6.54 Å². The van der Waals surface area contributed by atoms with Crippen LogP contribution in [0, 0.1) is 0 Å². The molecule has 0 fully saturated rings. The van der Waals surface area contributed by atoms with Crippen molar-refractivity contribution in [3.05, 3.63) is 54.1 Å². The lowest BCUT2D eigenvalue weighted by molar-refractivity contribution is 0.0527. The molecule has 0 spiro atoms. The Balaban J connectivity index is 2.10. The Bertz CT molecular complexity index is 470. The van der Waals surface area contributed by atoms with E-state index in [0.717, 1.165) is 12.8 Å². The Kier molecular flexibility index (Phi) is 7.30. The third kappa shape index (κ3) is 9.50. The van der Waals surface area contributed by atoms with Crippen molar-refractivity contribution in [3.8, 4) is 0 Å². The van der Waals surface area contributed by atoms with Crippen LogP contribution < -0.4 is 5.32 Å². The molecule has 3 nitrogen and oxygen atoms in total. The van der Waals surface area contributed by atoms with Gasteiger partial charge in [0.1, 0.15) is 5.60 Å². The number of carbonyl (C=O) groups is 1. The second kappa shape index (κ2) is 9.01. The molecule has 0 heterocycles. The summed E-state index contributed by atoms with van der Waals surface area (Å²) in [5.41, 5.74) is 0.750. The lowest BCUT2D eigenvalue weighted by Gasteiger charge is -2.19. The van der Waals surface area contributed by atoms with E-state index in [0.29, 0.717) is 6.54 Å². The van der Waals surface area contributed by atoms with Crippen LogP contribution in [-0.2, 0) is 4.74 Å². The molecule has 0 aliphatic carbocycles. The van der Waals surface area contributed by atoms with E-state index < -0.39 is 5.60 Å². The summed E-state index contributed by atoms with van der Waals surface area (Å²) in [6.45, 7) is 6.19. The Hall–Kier alpha value is -2.03. The highest BCUT2D eigenvalue weighted by Crippen LogP contribution is 2.06. The van der Waals surface area contributed by atoms with Crippen molar-refractivity contribution in [3.63, 3.8) is 0 Å². The maximum absolute atomic E-state index is 11.4. The number of ether oxygens (including phenoxy) is 1. The Labute approximate surface area is 127 Å². The highest BCUT2D eigenvalue weighted by Gasteiger charge is 2.15. The van der Waals surface area contributed by atoms with Crippen molar-refractivity contribution in [1.29, 1.82) is 0 Å². The first-order chi connectivity index (χ1) is 9.97. The van der Waals surface area contributed by atoms with Crippen molar-refractivity contribution < 1.29 is 9.53 Å². The Morgan fingerprint density at radius 3 is 2.57 bits per heavy atom. The number of allylic oxidation sites excluding steroid dienone is 3. The minimum absolute atomic E-state index is 0.351. The van der Waals surface area contributed by atoms with Crippen molar-refractivity contribution in [2.24, 2.45) is 0 Å². The molecule has 1 rings (SSSR count). The van der Waals surface area contributed by atoms with Crippen molar-refractivity contribution in [1.82, 2.24) is 5.32 Å². The molecule has 0 unspecified atom stereocenters. The first-order valence-electron chi connectivity index (χ1n) is 7.32. The quantitative estimate of drug-likeness (QED) is 0.615. The number of unbranched alkanes of at least 4 members (excludes halogenated alkanes) is 1. The lowest BCUT2D eigenvalue weighted by Crippen LogP contribution is -2.32. The molecule has 0 aromatic heterocycles. The van der Waals surface area contributed by atoms with Gasteiger partial charge in [-0.1, -0.05) is 54.6 Å². The number of alkyl carbamates (subject to hydrolysis) is 1. The van der Waals surface area contributed by atoms with E-state index in [1.807, 2.05) is 51.1 Å². The zero-order chi connectivity index (χ0) is 15.6. The predicted molar refractivity (Wildman–Crippen MR) is 88.1 cm³/mol. The molecule has 1 aromatic rings. The van der Waals surface area contributed by atoms with Crippen molar-refractivity contribution in [2.45, 2.75) is 39.2 Å². The number of rotatable bonds is 6. The highest BCUT2D eigenvalue weighted by atomic mass is 16.6. The van der Waals surface area contributed by atoms with Crippen molar-refractivity contribution >= 4 is 12.2 Å². The van der Waals surface area contributed by atoms with Gasteiger partial charge in [0.25, 0.3) is 0 Å². The standard InChI is InChI=1S/C18H25NO2/c1-18(2,3)21-17(20)19-15-11-6-4-5-8-12-16-13-9-7-10-14-16/h4-5,7-10,12-14H,6,11,15H2,1-3H3,(H,19,20)/b5-4+,12-8+. The molecule has 114 valence electrons. The molecule has 0 saturated carbocycles. The van der Waals surface area contributed by atoms with Gasteiger partial charge in [-0.15, -0.1) is 0 Å². The first-order valence-corrected chi connectivity index (χ1v) is 7.32. The number of hydrogen-bond donors (Lipinski definition) is 1. The van der Waals surface area contributed by atoms with Gasteiger partial charge in [0.2, 0.25) is 0 Å². The second-order valence-corrected chi connectivity index (χ2v) is 5.77. The minimum Gasteiger partial charge on any atom is -0.444 e. The molecule has 3 heteroatoms. The zero-order valence-electron chi connectivity index (χ0n) is 13.1. The van der Waals surface area contributed by atoms with E-state index in [4.69, 9.17) is 4.74 Å². The summed E-state index contributed by atoms with van der Waals surface area (Å²) in [6, 6.07) is 10.2. The smallest absolute Gasteiger partial charge is 0.407 e. The molecule has 1 N–H and O–H groups in total. The van der Waals surface area contributed by atoms with E-state index in [-0.39, 0.29) is 6.09 Å². The van der Waals surface area contributed by atoms with Crippen LogP contribution in [0.5, 0.6) is 0 Å². The van der Waals surface area contributed by atoms with E-state index in [9.17, 15) is 4.79 Å². The summed E-state index contributed by atoms with van der Waals surface area (Å²) in [7, 11) is 0. The van der Waals surface area contributed by atoms with Gasteiger partial charge >= 0.3 is 6.09 Å². The van der Waals surface area contributed by atoms with Crippen LogP contribution in [0.3, 0.4) is 0 Å². The fourth-order valence-electron chi connectivity index (χ4n) is 1.63. The topological polar surface area (TPSA) is 38.3 Å².